The highest BCUT2D eigenvalue weighted by Crippen LogP contribution is 2.17. The van der Waals surface area contributed by atoms with Crippen molar-refractivity contribution in [3.63, 3.8) is 0 Å². The number of carbonyl (C=O) groups excluding carboxylic acids is 2. The predicted molar refractivity (Wildman–Crippen MR) is 101 cm³/mol. The lowest BCUT2D eigenvalue weighted by Crippen LogP contribution is -2.15. The van der Waals surface area contributed by atoms with E-state index in [0.717, 1.165) is 24.1 Å². The van der Waals surface area contributed by atoms with Crippen LogP contribution in [-0.4, -0.2) is 26.8 Å². The van der Waals surface area contributed by atoms with Gasteiger partial charge in [0.25, 0.3) is 0 Å². The van der Waals surface area contributed by atoms with Crippen LogP contribution in [0.1, 0.15) is 23.7 Å². The van der Waals surface area contributed by atoms with Crippen LogP contribution in [0.2, 0.25) is 0 Å². The summed E-state index contributed by atoms with van der Waals surface area (Å²) >= 11 is 1.43. The molecule has 0 radical (unpaired) electrons. The van der Waals surface area contributed by atoms with Crippen LogP contribution in [0.5, 0.6) is 0 Å². The first-order valence-electron chi connectivity index (χ1n) is 8.17. The van der Waals surface area contributed by atoms with E-state index >= 15 is 0 Å². The minimum absolute atomic E-state index is 0.110. The Hall–Kier alpha value is -3.00. The summed E-state index contributed by atoms with van der Waals surface area (Å²) in [4.78, 5) is 34.2. The molecule has 0 atom stereocenters. The zero-order chi connectivity index (χ0) is 18.4. The van der Waals surface area contributed by atoms with Gasteiger partial charge < -0.3 is 10.3 Å². The summed E-state index contributed by atoms with van der Waals surface area (Å²) < 4.78 is 0. The van der Waals surface area contributed by atoms with Gasteiger partial charge in [0, 0.05) is 24.7 Å². The molecular formula is C18H19N5O2S. The Morgan fingerprint density at radius 2 is 1.88 bits per heavy atom. The fraction of sp³-hybridized carbons (Fsp3) is 0.222. The van der Waals surface area contributed by atoms with Gasteiger partial charge in [-0.25, -0.2) is 9.97 Å². The number of aryl methyl sites for hydroxylation is 2. The van der Waals surface area contributed by atoms with E-state index in [1.54, 1.807) is 12.4 Å². The summed E-state index contributed by atoms with van der Waals surface area (Å²) in [5, 5.41) is 7.98. The Balaban J connectivity index is 1.48. The van der Waals surface area contributed by atoms with Gasteiger partial charge in [-0.05, 0) is 24.0 Å². The molecule has 0 fully saturated rings. The lowest BCUT2D eigenvalue weighted by molar-refractivity contribution is -0.116. The Kier molecular flexibility index (Phi) is 5.75. The van der Waals surface area contributed by atoms with E-state index in [9.17, 15) is 9.59 Å². The molecule has 26 heavy (non-hydrogen) atoms. The molecule has 0 spiro atoms. The highest BCUT2D eigenvalue weighted by Gasteiger charge is 2.07. The number of amides is 2. The summed E-state index contributed by atoms with van der Waals surface area (Å²) in [5.41, 5.74) is 3.08. The molecule has 0 aliphatic carbocycles. The normalized spacial score (nSPS) is 10.5. The Morgan fingerprint density at radius 3 is 2.58 bits per heavy atom. The van der Waals surface area contributed by atoms with Crippen molar-refractivity contribution in [2.24, 2.45) is 0 Å². The second-order valence-corrected chi connectivity index (χ2v) is 6.66. The average Bonchev–Trinajstić information content (AvgIpc) is 3.25. The Labute approximate surface area is 154 Å². The maximum atomic E-state index is 11.9. The number of hydrogen-bond donors (Lipinski definition) is 3. The summed E-state index contributed by atoms with van der Waals surface area (Å²) in [7, 11) is 0. The number of H-pyrrole nitrogens is 1. The van der Waals surface area contributed by atoms with Gasteiger partial charge in [-0.15, -0.1) is 11.3 Å². The van der Waals surface area contributed by atoms with Gasteiger partial charge in [-0.1, -0.05) is 24.3 Å². The van der Waals surface area contributed by atoms with Crippen LogP contribution in [0.3, 0.4) is 0 Å². The number of hydrogen-bond acceptors (Lipinski definition) is 5. The maximum absolute atomic E-state index is 11.9. The number of thiazole rings is 1. The molecule has 0 saturated carbocycles. The van der Waals surface area contributed by atoms with Gasteiger partial charge in [0.15, 0.2) is 5.13 Å². The molecule has 0 bridgehead atoms. The monoisotopic (exact) mass is 369 g/mol. The molecular weight excluding hydrogens is 350 g/mol. The molecule has 2 aromatic heterocycles. The van der Waals surface area contributed by atoms with Crippen molar-refractivity contribution in [2.45, 2.75) is 26.2 Å². The molecule has 0 aliphatic heterocycles. The van der Waals surface area contributed by atoms with Crippen LogP contribution in [-0.2, 0) is 28.9 Å². The quantitative estimate of drug-likeness (QED) is 0.596. The molecule has 3 aromatic rings. The van der Waals surface area contributed by atoms with E-state index in [1.807, 2.05) is 29.6 Å². The van der Waals surface area contributed by atoms with Crippen LogP contribution >= 0.6 is 11.3 Å². The number of anilines is 2. The fourth-order valence-corrected chi connectivity index (χ4v) is 3.21. The average molecular weight is 369 g/mol. The second kappa shape index (κ2) is 8.39. The van der Waals surface area contributed by atoms with Crippen molar-refractivity contribution in [2.75, 3.05) is 10.6 Å². The van der Waals surface area contributed by atoms with E-state index in [1.165, 1.54) is 23.8 Å². The van der Waals surface area contributed by atoms with Crippen molar-refractivity contribution in [1.29, 1.82) is 0 Å². The topological polar surface area (TPSA) is 99.8 Å². The molecule has 0 aliphatic rings. The van der Waals surface area contributed by atoms with Gasteiger partial charge in [0.2, 0.25) is 17.8 Å². The lowest BCUT2D eigenvalue weighted by atomic mass is 10.0. The summed E-state index contributed by atoms with van der Waals surface area (Å²) in [6.45, 7) is 1.47. The third kappa shape index (κ3) is 5.25. The second-order valence-electron chi connectivity index (χ2n) is 5.80. The lowest BCUT2D eigenvalue weighted by Gasteiger charge is -2.04. The van der Waals surface area contributed by atoms with Crippen LogP contribution < -0.4 is 10.6 Å². The number of aromatic amines is 1. The Bertz CT molecular complexity index is 871. The van der Waals surface area contributed by atoms with E-state index in [4.69, 9.17) is 0 Å². The molecule has 8 heteroatoms. The predicted octanol–water partition coefficient (Wildman–Crippen LogP) is 2.79. The standard InChI is InChI=1S/C18H19N5O2S/c1-12(24)21-18-22-15(11-26-18)7-6-13-2-4-14(5-3-13)10-16(25)23-17-19-8-9-20-17/h2-5,8-9,11H,6-7,10H2,1H3,(H,21,22,24)(H2,19,20,23,25). The number of nitrogens with one attached hydrogen (secondary N) is 3. The van der Waals surface area contributed by atoms with Crippen LogP contribution in [0.4, 0.5) is 11.1 Å². The van der Waals surface area contributed by atoms with Crippen LogP contribution in [0.25, 0.3) is 0 Å². The summed E-state index contributed by atoms with van der Waals surface area (Å²) in [6, 6.07) is 7.97. The molecule has 0 unspecified atom stereocenters. The summed E-state index contributed by atoms with van der Waals surface area (Å²) in [6.07, 6.45) is 5.20. The molecule has 2 heterocycles. The molecule has 0 saturated heterocycles. The van der Waals surface area contributed by atoms with Crippen molar-refractivity contribution in [1.82, 2.24) is 15.0 Å². The fourth-order valence-electron chi connectivity index (χ4n) is 2.42. The van der Waals surface area contributed by atoms with Crippen molar-refractivity contribution >= 4 is 34.2 Å². The zero-order valence-corrected chi connectivity index (χ0v) is 15.1. The van der Waals surface area contributed by atoms with Crippen molar-refractivity contribution in [3.05, 3.63) is 58.9 Å². The van der Waals surface area contributed by atoms with Gasteiger partial charge in [-0.2, -0.15) is 0 Å². The molecule has 2 amide bonds. The number of rotatable bonds is 7. The molecule has 3 N–H and O–H groups in total. The highest BCUT2D eigenvalue weighted by molar-refractivity contribution is 7.13. The molecule has 7 nitrogen and oxygen atoms in total. The third-order valence-electron chi connectivity index (χ3n) is 3.65. The SMILES string of the molecule is CC(=O)Nc1nc(CCc2ccc(CC(=O)Nc3ncc[nH]3)cc2)cs1. The van der Waals surface area contributed by atoms with Gasteiger partial charge in [0.05, 0.1) is 12.1 Å². The number of aromatic nitrogens is 3. The number of imidazole rings is 1. The van der Waals surface area contributed by atoms with Crippen LogP contribution in [0, 0.1) is 0 Å². The van der Waals surface area contributed by atoms with Gasteiger partial charge in [-0.3, -0.25) is 14.9 Å². The number of nitrogens with zero attached hydrogens (tertiary/aromatic N) is 2. The highest BCUT2D eigenvalue weighted by atomic mass is 32.1. The first-order chi connectivity index (χ1) is 12.6. The first kappa shape index (κ1) is 17.8. The Morgan fingerprint density at radius 1 is 1.12 bits per heavy atom. The molecule has 134 valence electrons. The first-order valence-corrected chi connectivity index (χ1v) is 9.05. The van der Waals surface area contributed by atoms with Crippen molar-refractivity contribution < 1.29 is 9.59 Å². The van der Waals surface area contributed by atoms with E-state index in [0.29, 0.717) is 17.5 Å². The minimum Gasteiger partial charge on any atom is -0.331 e. The third-order valence-corrected chi connectivity index (χ3v) is 4.45. The maximum Gasteiger partial charge on any atom is 0.231 e. The minimum atomic E-state index is -0.113. The van der Waals surface area contributed by atoms with Gasteiger partial charge >= 0.3 is 0 Å². The largest absolute Gasteiger partial charge is 0.331 e. The number of benzene rings is 1. The van der Waals surface area contributed by atoms with Crippen molar-refractivity contribution in [3.8, 4) is 0 Å². The van der Waals surface area contributed by atoms with E-state index in [2.05, 4.69) is 25.6 Å². The molecule has 3 rings (SSSR count). The number of carbonyl (C=O) groups is 2. The van der Waals surface area contributed by atoms with E-state index in [-0.39, 0.29) is 11.8 Å². The zero-order valence-electron chi connectivity index (χ0n) is 14.3. The van der Waals surface area contributed by atoms with Gasteiger partial charge in [0.1, 0.15) is 0 Å². The summed E-state index contributed by atoms with van der Waals surface area (Å²) in [5.74, 6) is 0.228. The van der Waals surface area contributed by atoms with E-state index < -0.39 is 0 Å². The van der Waals surface area contributed by atoms with Crippen LogP contribution in [0.15, 0.2) is 42.0 Å². The molecule has 1 aromatic carbocycles. The smallest absolute Gasteiger partial charge is 0.231 e.